The summed E-state index contributed by atoms with van der Waals surface area (Å²) in [6.07, 6.45) is 1.52. The van der Waals surface area contributed by atoms with Gasteiger partial charge in [0.1, 0.15) is 13.2 Å². The fourth-order valence-electron chi connectivity index (χ4n) is 0.654. The van der Waals surface area contributed by atoms with Crippen molar-refractivity contribution < 1.29 is 14.1 Å². The van der Waals surface area contributed by atoms with Crippen LogP contribution < -0.4 is 5.73 Å². The highest BCUT2D eigenvalue weighted by Gasteiger charge is 2.17. The average Bonchev–Trinajstić information content (AvgIpc) is 1.90. The summed E-state index contributed by atoms with van der Waals surface area (Å²) in [7, 11) is 0. The average molecular weight is 127 g/mol. The largest absolute Gasteiger partial charge is 0.587 e. The van der Waals surface area contributed by atoms with Gasteiger partial charge < -0.3 is 4.74 Å². The first-order valence-corrected chi connectivity index (χ1v) is 2.71. The van der Waals surface area contributed by atoms with Crippen molar-refractivity contribution in [1.82, 2.24) is 5.73 Å². The predicted octanol–water partition coefficient (Wildman–Crippen LogP) is -0.711. The molecule has 0 aliphatic carbocycles. The highest BCUT2D eigenvalue weighted by molar-refractivity contribution is 5.69. The number of carbonyl (C=O) groups excluding carboxylic acids is 1. The minimum absolute atomic E-state index is 0.409. The van der Waals surface area contributed by atoms with Gasteiger partial charge >= 0.3 is 6.03 Å². The SMILES string of the molecule is [N]C(=O)[N+]1=CCOCC1. The lowest BCUT2D eigenvalue weighted by Gasteiger charge is -2.05. The lowest BCUT2D eigenvalue weighted by Crippen LogP contribution is -2.30. The minimum atomic E-state index is -0.904. The fourth-order valence-corrected chi connectivity index (χ4v) is 0.654. The van der Waals surface area contributed by atoms with Gasteiger partial charge in [0.25, 0.3) is 0 Å². The molecule has 2 radical (unpaired) electrons. The van der Waals surface area contributed by atoms with Gasteiger partial charge in [-0.25, -0.2) is 0 Å². The molecule has 2 amide bonds. The molecule has 1 heterocycles. The van der Waals surface area contributed by atoms with Crippen molar-refractivity contribution in [1.29, 1.82) is 0 Å². The molecule has 4 heteroatoms. The summed E-state index contributed by atoms with van der Waals surface area (Å²) in [6.45, 7) is 1.37. The van der Waals surface area contributed by atoms with Crippen molar-refractivity contribution >= 4 is 12.2 Å². The quantitative estimate of drug-likeness (QED) is 0.403. The van der Waals surface area contributed by atoms with E-state index in [1.54, 1.807) is 0 Å². The van der Waals surface area contributed by atoms with Crippen LogP contribution in [0, 0.1) is 0 Å². The third kappa shape index (κ3) is 1.50. The van der Waals surface area contributed by atoms with E-state index in [0.717, 1.165) is 0 Å². The highest BCUT2D eigenvalue weighted by atomic mass is 16.5. The zero-order valence-electron chi connectivity index (χ0n) is 4.91. The second-order valence-electron chi connectivity index (χ2n) is 1.73. The Labute approximate surface area is 52.9 Å². The second kappa shape index (κ2) is 2.59. The van der Waals surface area contributed by atoms with Gasteiger partial charge in [-0.15, -0.1) is 0 Å². The molecule has 0 unspecified atom stereocenters. The van der Waals surface area contributed by atoms with Gasteiger partial charge in [-0.1, -0.05) is 0 Å². The smallest absolute Gasteiger partial charge is 0.370 e. The topological polar surface area (TPSA) is 51.6 Å². The molecule has 0 aromatic heterocycles. The predicted molar refractivity (Wildman–Crippen MR) is 29.5 cm³/mol. The molecule has 0 aromatic carbocycles. The molecule has 4 nitrogen and oxygen atoms in total. The van der Waals surface area contributed by atoms with E-state index in [2.05, 4.69) is 0 Å². The van der Waals surface area contributed by atoms with E-state index >= 15 is 0 Å². The molecule has 1 aliphatic heterocycles. The van der Waals surface area contributed by atoms with Crippen LogP contribution in [0.25, 0.3) is 0 Å². The van der Waals surface area contributed by atoms with Crippen molar-refractivity contribution in [2.75, 3.05) is 19.8 Å². The van der Waals surface area contributed by atoms with Gasteiger partial charge in [-0.05, 0) is 0 Å². The van der Waals surface area contributed by atoms with Crippen LogP contribution in [0.15, 0.2) is 0 Å². The lowest BCUT2D eigenvalue weighted by molar-refractivity contribution is -0.436. The molecule has 0 fully saturated rings. The molecular weight excluding hydrogens is 120 g/mol. The lowest BCUT2D eigenvalue weighted by atomic mass is 10.5. The normalized spacial score (nSPS) is 18.9. The third-order valence-corrected chi connectivity index (χ3v) is 1.14. The van der Waals surface area contributed by atoms with E-state index in [0.29, 0.717) is 19.8 Å². The highest BCUT2D eigenvalue weighted by Crippen LogP contribution is 1.84. The van der Waals surface area contributed by atoms with Crippen molar-refractivity contribution in [3.63, 3.8) is 0 Å². The van der Waals surface area contributed by atoms with E-state index in [-0.39, 0.29) is 0 Å². The Morgan fingerprint density at radius 1 is 1.78 bits per heavy atom. The van der Waals surface area contributed by atoms with E-state index in [4.69, 9.17) is 10.5 Å². The van der Waals surface area contributed by atoms with Crippen LogP contribution in [0.5, 0.6) is 0 Å². The number of nitrogens with zero attached hydrogens (tertiary/aromatic N) is 2. The molecule has 1 aliphatic rings. The molecule has 0 saturated carbocycles. The Kier molecular flexibility index (Phi) is 1.79. The van der Waals surface area contributed by atoms with E-state index in [9.17, 15) is 4.79 Å². The van der Waals surface area contributed by atoms with Gasteiger partial charge in [0.05, 0.1) is 12.8 Å². The monoisotopic (exact) mass is 127 g/mol. The van der Waals surface area contributed by atoms with Crippen molar-refractivity contribution in [3.05, 3.63) is 0 Å². The van der Waals surface area contributed by atoms with Crippen molar-refractivity contribution in [2.45, 2.75) is 0 Å². The summed E-state index contributed by atoms with van der Waals surface area (Å²) in [6, 6.07) is -0.904. The summed E-state index contributed by atoms with van der Waals surface area (Å²) in [4.78, 5) is 10.2. The zero-order chi connectivity index (χ0) is 6.69. The number of amides is 2. The fraction of sp³-hybridized carbons (Fsp3) is 0.600. The summed E-state index contributed by atoms with van der Waals surface area (Å²) in [5, 5.41) is 0. The number of urea groups is 1. The van der Waals surface area contributed by atoms with E-state index in [1.807, 2.05) is 0 Å². The zero-order valence-corrected chi connectivity index (χ0v) is 4.91. The van der Waals surface area contributed by atoms with Crippen LogP contribution in [0.1, 0.15) is 0 Å². The standard InChI is InChI=1S/C5H7N2O2/c6-5(8)7-1-3-9-4-2-7/h1H,2-4H2/q+1. The van der Waals surface area contributed by atoms with Crippen LogP contribution in [-0.2, 0) is 4.74 Å². The molecule has 48 valence electrons. The molecule has 0 atom stereocenters. The summed E-state index contributed by atoms with van der Waals surface area (Å²) in [5.74, 6) is 0. The van der Waals surface area contributed by atoms with Gasteiger partial charge in [-0.2, -0.15) is 9.37 Å². The third-order valence-electron chi connectivity index (χ3n) is 1.14. The van der Waals surface area contributed by atoms with Gasteiger partial charge in [0.15, 0.2) is 0 Å². The van der Waals surface area contributed by atoms with Gasteiger partial charge in [-0.3, -0.25) is 0 Å². The maximum absolute atomic E-state index is 10.2. The maximum Gasteiger partial charge on any atom is 0.587 e. The van der Waals surface area contributed by atoms with Crippen LogP contribution in [-0.4, -0.2) is 36.6 Å². The first kappa shape index (κ1) is 6.22. The molecule has 0 aromatic rings. The molecule has 0 N–H and O–H groups in total. The van der Waals surface area contributed by atoms with Crippen molar-refractivity contribution in [3.8, 4) is 0 Å². The Morgan fingerprint density at radius 2 is 2.56 bits per heavy atom. The Hall–Kier alpha value is -0.900. The molecule has 0 saturated heterocycles. The van der Waals surface area contributed by atoms with Gasteiger partial charge in [0.2, 0.25) is 5.73 Å². The first-order valence-electron chi connectivity index (χ1n) is 2.71. The minimum Gasteiger partial charge on any atom is -0.370 e. The number of carbonyl (C=O) groups is 1. The summed E-state index contributed by atoms with van der Waals surface area (Å²) >= 11 is 0. The summed E-state index contributed by atoms with van der Waals surface area (Å²) in [5.41, 5.74) is 8.38. The molecule has 0 spiro atoms. The second-order valence-corrected chi connectivity index (χ2v) is 1.73. The van der Waals surface area contributed by atoms with E-state index < -0.39 is 6.03 Å². The molecule has 0 bridgehead atoms. The summed E-state index contributed by atoms with van der Waals surface area (Å²) < 4.78 is 6.12. The number of ether oxygens (including phenoxy) is 1. The Bertz CT molecular complexity index is 153. The molecule has 9 heavy (non-hydrogen) atoms. The van der Waals surface area contributed by atoms with E-state index in [1.165, 1.54) is 10.8 Å². The molecular formula is C5H7N2O2+. The van der Waals surface area contributed by atoms with Gasteiger partial charge in [0, 0.05) is 0 Å². The van der Waals surface area contributed by atoms with Crippen LogP contribution >= 0.6 is 0 Å². The number of hydrogen-bond donors (Lipinski definition) is 0. The van der Waals surface area contributed by atoms with Crippen LogP contribution in [0.4, 0.5) is 4.79 Å². The molecule has 1 rings (SSSR count). The number of rotatable bonds is 0. The Balaban J connectivity index is 2.57. The first-order chi connectivity index (χ1) is 4.30. The Morgan fingerprint density at radius 3 is 2.89 bits per heavy atom. The van der Waals surface area contributed by atoms with Crippen LogP contribution in [0.3, 0.4) is 0 Å². The van der Waals surface area contributed by atoms with Crippen molar-refractivity contribution in [2.24, 2.45) is 0 Å². The number of hydrogen-bond acceptors (Lipinski definition) is 2. The van der Waals surface area contributed by atoms with Crippen LogP contribution in [0.2, 0.25) is 0 Å². The maximum atomic E-state index is 10.2.